The minimum Gasteiger partial charge on any atom is -0.356 e. The van der Waals surface area contributed by atoms with Crippen molar-refractivity contribution in [1.82, 2.24) is 15.1 Å². The van der Waals surface area contributed by atoms with E-state index in [0.717, 1.165) is 41.1 Å². The van der Waals surface area contributed by atoms with Crippen molar-refractivity contribution < 1.29 is 18.0 Å². The lowest BCUT2D eigenvalue weighted by atomic mass is 10.1. The topological polar surface area (TPSA) is 46.9 Å². The Kier molecular flexibility index (Phi) is 4.82. The van der Waals surface area contributed by atoms with Crippen molar-refractivity contribution in [3.63, 3.8) is 0 Å². The van der Waals surface area contributed by atoms with Gasteiger partial charge in [-0.1, -0.05) is 12.1 Å². The van der Waals surface area contributed by atoms with Crippen LogP contribution in [0, 0.1) is 19.8 Å². The Morgan fingerprint density at radius 2 is 1.92 bits per heavy atom. The Morgan fingerprint density at radius 1 is 1.27 bits per heavy atom. The van der Waals surface area contributed by atoms with Gasteiger partial charge in [-0.2, -0.15) is 18.3 Å². The first-order chi connectivity index (χ1) is 12.2. The maximum atomic E-state index is 12.6. The summed E-state index contributed by atoms with van der Waals surface area (Å²) in [5, 5.41) is 7.29. The van der Waals surface area contributed by atoms with Crippen molar-refractivity contribution >= 4 is 5.91 Å². The van der Waals surface area contributed by atoms with E-state index in [0.29, 0.717) is 13.0 Å². The molecule has 0 radical (unpaired) electrons. The maximum Gasteiger partial charge on any atom is 0.416 e. The smallest absolute Gasteiger partial charge is 0.356 e. The normalized spacial score (nSPS) is 19.5. The van der Waals surface area contributed by atoms with Gasteiger partial charge >= 0.3 is 6.18 Å². The Morgan fingerprint density at radius 3 is 2.46 bits per heavy atom. The molecule has 1 amide bonds. The Labute approximate surface area is 150 Å². The largest absolute Gasteiger partial charge is 0.416 e. The number of carbonyl (C=O) groups excluding carboxylic acids is 1. The zero-order valence-corrected chi connectivity index (χ0v) is 15.0. The molecule has 2 aromatic rings. The van der Waals surface area contributed by atoms with Gasteiger partial charge in [-0.3, -0.25) is 9.48 Å². The van der Waals surface area contributed by atoms with Gasteiger partial charge in [0.15, 0.2) is 0 Å². The minimum atomic E-state index is -4.33. The van der Waals surface area contributed by atoms with E-state index < -0.39 is 11.7 Å². The fourth-order valence-corrected chi connectivity index (χ4v) is 3.39. The van der Waals surface area contributed by atoms with Gasteiger partial charge in [-0.25, -0.2) is 0 Å². The number of hydrogen-bond donors (Lipinski definition) is 1. The van der Waals surface area contributed by atoms with Crippen molar-refractivity contribution in [2.24, 2.45) is 13.0 Å². The summed E-state index contributed by atoms with van der Waals surface area (Å²) in [6, 6.07) is 5.11. The zero-order valence-electron chi connectivity index (χ0n) is 15.0. The lowest BCUT2D eigenvalue weighted by Gasteiger charge is -2.08. The second-order valence-electron chi connectivity index (χ2n) is 6.88. The van der Waals surface area contributed by atoms with Gasteiger partial charge < -0.3 is 5.32 Å². The first-order valence-corrected chi connectivity index (χ1v) is 8.62. The van der Waals surface area contributed by atoms with E-state index in [-0.39, 0.29) is 17.7 Å². The van der Waals surface area contributed by atoms with Crippen LogP contribution in [0.5, 0.6) is 0 Å². The molecule has 7 heteroatoms. The van der Waals surface area contributed by atoms with Crippen molar-refractivity contribution in [3.05, 3.63) is 52.3 Å². The Bertz CT molecular complexity index is 809. The van der Waals surface area contributed by atoms with Crippen LogP contribution in [-0.4, -0.2) is 22.2 Å². The third-order valence-corrected chi connectivity index (χ3v) is 5.13. The summed E-state index contributed by atoms with van der Waals surface area (Å²) in [5.41, 5.74) is 3.32. The van der Waals surface area contributed by atoms with E-state index in [1.165, 1.54) is 12.1 Å². The molecular formula is C19H22F3N3O. The highest BCUT2D eigenvalue weighted by Gasteiger charge is 2.44. The average Bonchev–Trinajstić information content (AvgIpc) is 3.33. The molecule has 1 fully saturated rings. The molecule has 0 spiro atoms. The predicted molar refractivity (Wildman–Crippen MR) is 91.7 cm³/mol. The fourth-order valence-electron chi connectivity index (χ4n) is 3.39. The average molecular weight is 365 g/mol. The molecule has 4 nitrogen and oxygen atoms in total. The number of carbonyl (C=O) groups is 1. The molecule has 0 aliphatic heterocycles. The lowest BCUT2D eigenvalue weighted by Crippen LogP contribution is -2.27. The molecule has 2 atom stereocenters. The second kappa shape index (κ2) is 6.78. The number of hydrogen-bond acceptors (Lipinski definition) is 2. The van der Waals surface area contributed by atoms with Crippen molar-refractivity contribution in [2.45, 2.75) is 38.8 Å². The number of benzene rings is 1. The molecule has 0 saturated heterocycles. The van der Waals surface area contributed by atoms with Gasteiger partial charge in [0, 0.05) is 25.2 Å². The van der Waals surface area contributed by atoms with Gasteiger partial charge in [-0.15, -0.1) is 0 Å². The quantitative estimate of drug-likeness (QED) is 0.881. The number of amides is 1. The summed E-state index contributed by atoms with van der Waals surface area (Å²) in [4.78, 5) is 12.3. The number of aromatic nitrogens is 2. The molecule has 2 unspecified atom stereocenters. The van der Waals surface area contributed by atoms with Gasteiger partial charge in [0.05, 0.1) is 11.3 Å². The van der Waals surface area contributed by atoms with Crippen molar-refractivity contribution in [2.75, 3.05) is 6.54 Å². The van der Waals surface area contributed by atoms with Gasteiger partial charge in [-0.05, 0) is 55.9 Å². The molecule has 1 N–H and O–H groups in total. The van der Waals surface area contributed by atoms with Crippen LogP contribution in [0.3, 0.4) is 0 Å². The molecule has 26 heavy (non-hydrogen) atoms. The summed E-state index contributed by atoms with van der Waals surface area (Å²) in [5.74, 6) is -0.170. The highest BCUT2D eigenvalue weighted by Crippen LogP contribution is 2.47. The third kappa shape index (κ3) is 3.76. The molecule has 1 aromatic heterocycles. The summed E-state index contributed by atoms with van der Waals surface area (Å²) in [6.45, 7) is 4.48. The van der Waals surface area contributed by atoms with Crippen LogP contribution in [0.15, 0.2) is 24.3 Å². The Hall–Kier alpha value is -2.31. The van der Waals surface area contributed by atoms with E-state index in [4.69, 9.17) is 0 Å². The number of aryl methyl sites for hydroxylation is 2. The van der Waals surface area contributed by atoms with E-state index in [1.54, 1.807) is 0 Å². The van der Waals surface area contributed by atoms with Crippen LogP contribution in [-0.2, 0) is 24.4 Å². The number of halogens is 3. The third-order valence-electron chi connectivity index (χ3n) is 5.13. The SMILES string of the molecule is Cc1nn(C)c(C)c1CCNC(=O)C1CC1c1ccc(C(F)(F)F)cc1. The standard InChI is InChI=1S/C19H22F3N3O/c1-11-15(12(2)25(3)24-11)8-9-23-18(26)17-10-16(17)13-4-6-14(7-5-13)19(20,21)22/h4-7,16-17H,8-10H2,1-3H3,(H,23,26). The monoisotopic (exact) mass is 365 g/mol. The van der Waals surface area contributed by atoms with Gasteiger partial charge in [0.25, 0.3) is 0 Å². The van der Waals surface area contributed by atoms with E-state index in [1.807, 2.05) is 25.6 Å². The van der Waals surface area contributed by atoms with Crippen LogP contribution in [0.2, 0.25) is 0 Å². The van der Waals surface area contributed by atoms with Crippen LogP contribution < -0.4 is 5.32 Å². The highest BCUT2D eigenvalue weighted by atomic mass is 19.4. The van der Waals surface area contributed by atoms with Crippen LogP contribution in [0.4, 0.5) is 13.2 Å². The van der Waals surface area contributed by atoms with Crippen LogP contribution >= 0.6 is 0 Å². The first kappa shape index (κ1) is 18.5. The molecule has 3 rings (SSSR count). The van der Waals surface area contributed by atoms with Gasteiger partial charge in [0.2, 0.25) is 5.91 Å². The Balaban J connectivity index is 1.51. The summed E-state index contributed by atoms with van der Waals surface area (Å²) >= 11 is 0. The summed E-state index contributed by atoms with van der Waals surface area (Å²) in [6.07, 6.45) is -2.93. The molecule has 1 aliphatic rings. The van der Waals surface area contributed by atoms with E-state index >= 15 is 0 Å². The molecule has 1 aliphatic carbocycles. The number of nitrogens with one attached hydrogen (secondary N) is 1. The molecule has 1 saturated carbocycles. The van der Waals surface area contributed by atoms with E-state index in [2.05, 4.69) is 10.4 Å². The fraction of sp³-hybridized carbons (Fsp3) is 0.474. The molecule has 1 heterocycles. The number of nitrogens with zero attached hydrogens (tertiary/aromatic N) is 2. The number of rotatable bonds is 5. The zero-order chi connectivity index (χ0) is 19.1. The predicted octanol–water partition coefficient (Wildman–Crippen LogP) is 3.52. The molecule has 140 valence electrons. The minimum absolute atomic E-state index is 0.0131. The van der Waals surface area contributed by atoms with Crippen LogP contribution in [0.25, 0.3) is 0 Å². The summed E-state index contributed by atoms with van der Waals surface area (Å²) < 4.78 is 39.7. The summed E-state index contributed by atoms with van der Waals surface area (Å²) in [7, 11) is 1.89. The van der Waals surface area contributed by atoms with Crippen molar-refractivity contribution in [1.29, 1.82) is 0 Å². The second-order valence-corrected chi connectivity index (χ2v) is 6.88. The maximum absolute atomic E-state index is 12.6. The van der Waals surface area contributed by atoms with Crippen molar-refractivity contribution in [3.8, 4) is 0 Å². The lowest BCUT2D eigenvalue weighted by molar-refractivity contribution is -0.137. The molecule has 1 aromatic carbocycles. The van der Waals surface area contributed by atoms with Gasteiger partial charge in [0.1, 0.15) is 0 Å². The van der Waals surface area contributed by atoms with E-state index in [9.17, 15) is 18.0 Å². The molecule has 0 bridgehead atoms. The highest BCUT2D eigenvalue weighted by molar-refractivity contribution is 5.82. The molecular weight excluding hydrogens is 343 g/mol. The van der Waals surface area contributed by atoms with Crippen LogP contribution in [0.1, 0.15) is 40.4 Å². The number of alkyl halides is 3. The first-order valence-electron chi connectivity index (χ1n) is 8.62.